The highest BCUT2D eigenvalue weighted by atomic mass is 32.2. The Kier molecular flexibility index (Phi) is 6.57. The summed E-state index contributed by atoms with van der Waals surface area (Å²) in [5.74, 6) is 0.804. The molecule has 0 aromatic carbocycles. The highest BCUT2D eigenvalue weighted by Gasteiger charge is 2.25. The Morgan fingerprint density at radius 1 is 1.03 bits per heavy atom. The fourth-order valence-corrected chi connectivity index (χ4v) is 5.35. The number of anilines is 1. The fourth-order valence-electron chi connectivity index (χ4n) is 4.52. The van der Waals surface area contributed by atoms with Crippen LogP contribution in [-0.2, 0) is 21.3 Å². The molecule has 0 spiro atoms. The van der Waals surface area contributed by atoms with Crippen LogP contribution in [0.2, 0.25) is 0 Å². The normalized spacial score (nSPS) is 18.3. The summed E-state index contributed by atoms with van der Waals surface area (Å²) in [6, 6.07) is 0.307. The number of methoxy groups -OCH3 is 1. The molecule has 5 rings (SSSR count). The van der Waals surface area contributed by atoms with Gasteiger partial charge in [-0.15, -0.1) is 0 Å². The smallest absolute Gasteiger partial charge is 0.316 e. The minimum Gasteiger partial charge on any atom is -0.467 e. The molecule has 2 saturated heterocycles. The van der Waals surface area contributed by atoms with Crippen molar-refractivity contribution >= 4 is 21.5 Å². The second-order valence-electron chi connectivity index (χ2n) is 8.79. The van der Waals surface area contributed by atoms with Crippen LogP contribution in [0.25, 0.3) is 16.9 Å². The third-order valence-corrected chi connectivity index (χ3v) is 7.76. The first-order valence-corrected chi connectivity index (χ1v) is 13.4. The molecule has 5 heterocycles. The van der Waals surface area contributed by atoms with Crippen LogP contribution in [0.3, 0.4) is 0 Å². The number of piperazine rings is 1. The zero-order valence-corrected chi connectivity index (χ0v) is 21.0. The number of hydrogen-bond donors (Lipinski definition) is 0. The van der Waals surface area contributed by atoms with Crippen molar-refractivity contribution in [1.82, 2.24) is 33.5 Å². The molecule has 2 fully saturated rings. The van der Waals surface area contributed by atoms with Gasteiger partial charge in [0.15, 0.2) is 11.5 Å². The fraction of sp³-hybridized carbons (Fsp3) is 0.545. The summed E-state index contributed by atoms with van der Waals surface area (Å²) >= 11 is 0. The summed E-state index contributed by atoms with van der Waals surface area (Å²) in [4.78, 5) is 22.9. The molecule has 0 N–H and O–H groups in total. The van der Waals surface area contributed by atoms with E-state index in [1.54, 1.807) is 12.4 Å². The van der Waals surface area contributed by atoms with Gasteiger partial charge in [0.25, 0.3) is 0 Å². The third kappa shape index (κ3) is 4.94. The van der Waals surface area contributed by atoms with E-state index in [9.17, 15) is 8.42 Å². The van der Waals surface area contributed by atoms with Gasteiger partial charge in [-0.1, -0.05) is 0 Å². The first kappa shape index (κ1) is 23.9. The highest BCUT2D eigenvalue weighted by molar-refractivity contribution is 7.88. The van der Waals surface area contributed by atoms with Gasteiger partial charge in [-0.3, -0.25) is 9.30 Å². The number of imidazole rings is 1. The molecule has 13 heteroatoms. The third-order valence-electron chi connectivity index (χ3n) is 6.46. The minimum absolute atomic E-state index is 0.307. The van der Waals surface area contributed by atoms with Crippen LogP contribution in [-0.4, -0.2) is 108 Å². The van der Waals surface area contributed by atoms with Crippen molar-refractivity contribution in [1.29, 1.82) is 0 Å². The van der Waals surface area contributed by atoms with Gasteiger partial charge in [-0.05, 0) is 6.92 Å². The summed E-state index contributed by atoms with van der Waals surface area (Å²) in [5, 5.41) is 0. The first-order valence-electron chi connectivity index (χ1n) is 11.6. The predicted octanol–water partition coefficient (Wildman–Crippen LogP) is 0.417. The summed E-state index contributed by atoms with van der Waals surface area (Å²) in [6.45, 7) is 7.73. The van der Waals surface area contributed by atoms with Crippen LogP contribution in [0, 0.1) is 6.92 Å². The Bertz CT molecular complexity index is 1300. The lowest BCUT2D eigenvalue weighted by atomic mass is 10.2. The number of ether oxygens (including phenoxy) is 2. The van der Waals surface area contributed by atoms with Gasteiger partial charge in [0.05, 0.1) is 38.0 Å². The van der Waals surface area contributed by atoms with Crippen molar-refractivity contribution in [3.8, 4) is 17.3 Å². The quantitative estimate of drug-likeness (QED) is 0.469. The maximum atomic E-state index is 11.8. The molecule has 3 aromatic rings. The number of sulfonamides is 1. The van der Waals surface area contributed by atoms with Crippen LogP contribution < -0.4 is 9.64 Å². The van der Waals surface area contributed by atoms with E-state index >= 15 is 0 Å². The standard InChI is InChI=1S/C22H30N8O4S/c1-16-19(17-12-23-22(33-2)24-13-17)26-20(28-8-10-34-11-9-28)21-25-18(15-30(16)21)14-27-4-6-29(7-5-27)35(3,31)32/h12-13,15H,4-11,14H2,1-3H3. The number of rotatable bonds is 6. The molecule has 0 aliphatic carbocycles. The van der Waals surface area contributed by atoms with Crippen molar-refractivity contribution in [2.75, 3.05) is 70.7 Å². The molecule has 0 bridgehead atoms. The van der Waals surface area contributed by atoms with Gasteiger partial charge in [0.2, 0.25) is 10.0 Å². The molecule has 0 atom stereocenters. The van der Waals surface area contributed by atoms with Gasteiger partial charge in [0, 0.05) is 75.7 Å². The average molecular weight is 503 g/mol. The molecule has 0 unspecified atom stereocenters. The lowest BCUT2D eigenvalue weighted by molar-refractivity contribution is 0.122. The van der Waals surface area contributed by atoms with E-state index in [0.717, 1.165) is 47.2 Å². The predicted molar refractivity (Wildman–Crippen MR) is 130 cm³/mol. The van der Waals surface area contributed by atoms with Gasteiger partial charge in [-0.25, -0.2) is 28.4 Å². The zero-order chi connectivity index (χ0) is 24.6. The van der Waals surface area contributed by atoms with Crippen LogP contribution in [0.1, 0.15) is 11.4 Å². The minimum atomic E-state index is -3.16. The van der Waals surface area contributed by atoms with E-state index in [4.69, 9.17) is 19.4 Å². The molecular formula is C22H30N8O4S. The van der Waals surface area contributed by atoms with E-state index in [2.05, 4.69) is 24.2 Å². The van der Waals surface area contributed by atoms with Crippen molar-refractivity contribution < 1.29 is 17.9 Å². The average Bonchev–Trinajstić information content (AvgIpc) is 3.29. The van der Waals surface area contributed by atoms with Gasteiger partial charge < -0.3 is 14.4 Å². The molecule has 0 radical (unpaired) electrons. The van der Waals surface area contributed by atoms with E-state index in [1.807, 2.05) is 13.1 Å². The van der Waals surface area contributed by atoms with Gasteiger partial charge in [-0.2, -0.15) is 4.31 Å². The summed E-state index contributed by atoms with van der Waals surface area (Å²) in [5.41, 5.74) is 4.23. The Hall–Kier alpha value is -2.87. The molecular weight excluding hydrogens is 472 g/mol. The van der Waals surface area contributed by atoms with Crippen molar-refractivity contribution in [3.05, 3.63) is 30.0 Å². The molecule has 0 saturated carbocycles. The van der Waals surface area contributed by atoms with Crippen LogP contribution >= 0.6 is 0 Å². The highest BCUT2D eigenvalue weighted by Crippen LogP contribution is 2.29. The Morgan fingerprint density at radius 2 is 1.71 bits per heavy atom. The maximum absolute atomic E-state index is 11.8. The second-order valence-corrected chi connectivity index (χ2v) is 10.8. The number of aryl methyl sites for hydroxylation is 1. The Balaban J connectivity index is 1.49. The summed E-state index contributed by atoms with van der Waals surface area (Å²) in [7, 11) is -1.62. The topological polar surface area (TPSA) is 118 Å². The van der Waals surface area contributed by atoms with Crippen molar-refractivity contribution in [3.63, 3.8) is 0 Å². The lowest BCUT2D eigenvalue weighted by Crippen LogP contribution is -2.47. The maximum Gasteiger partial charge on any atom is 0.316 e. The Morgan fingerprint density at radius 3 is 2.34 bits per heavy atom. The van der Waals surface area contributed by atoms with E-state index in [-0.39, 0.29) is 0 Å². The van der Waals surface area contributed by atoms with E-state index in [0.29, 0.717) is 51.9 Å². The molecule has 2 aliphatic heterocycles. The molecule has 35 heavy (non-hydrogen) atoms. The van der Waals surface area contributed by atoms with Crippen LogP contribution in [0.5, 0.6) is 6.01 Å². The molecule has 0 amide bonds. The molecule has 3 aromatic heterocycles. The summed E-state index contributed by atoms with van der Waals surface area (Å²) in [6.07, 6.45) is 6.75. The van der Waals surface area contributed by atoms with Crippen LogP contribution in [0.4, 0.5) is 5.82 Å². The monoisotopic (exact) mass is 502 g/mol. The second kappa shape index (κ2) is 9.64. The van der Waals surface area contributed by atoms with Gasteiger partial charge in [0.1, 0.15) is 0 Å². The van der Waals surface area contributed by atoms with Crippen molar-refractivity contribution in [2.24, 2.45) is 0 Å². The molecule has 2 aliphatic rings. The summed E-state index contributed by atoms with van der Waals surface area (Å²) < 4.78 is 37.9. The lowest BCUT2D eigenvalue weighted by Gasteiger charge is -2.32. The molecule has 188 valence electrons. The largest absolute Gasteiger partial charge is 0.467 e. The van der Waals surface area contributed by atoms with Crippen molar-refractivity contribution in [2.45, 2.75) is 13.5 Å². The number of fused-ring (bicyclic) bond motifs is 1. The van der Waals surface area contributed by atoms with Crippen LogP contribution in [0.15, 0.2) is 18.6 Å². The number of aromatic nitrogens is 5. The van der Waals surface area contributed by atoms with E-state index < -0.39 is 10.0 Å². The SMILES string of the molecule is COc1ncc(-c2nc(N3CCOCC3)c3nc(CN4CCN(S(C)(=O)=O)CC4)cn3c2C)cn1. The van der Waals surface area contributed by atoms with Gasteiger partial charge >= 0.3 is 6.01 Å². The number of nitrogens with zero attached hydrogens (tertiary/aromatic N) is 8. The number of hydrogen-bond acceptors (Lipinski definition) is 10. The zero-order valence-electron chi connectivity index (χ0n) is 20.2. The molecule has 12 nitrogen and oxygen atoms in total. The number of morpholine rings is 1. The Labute approximate surface area is 204 Å². The first-order chi connectivity index (χ1) is 16.8. The van der Waals surface area contributed by atoms with E-state index in [1.165, 1.54) is 17.7 Å².